The van der Waals surface area contributed by atoms with Crippen molar-refractivity contribution in [3.05, 3.63) is 41.5 Å². The topological polar surface area (TPSA) is 77.8 Å². The number of benzene rings is 1. The molecule has 4 aliphatic rings. The zero-order valence-electron chi connectivity index (χ0n) is 24.9. The molecule has 0 amide bonds. The number of aliphatic hydroxyl groups is 2. The van der Waals surface area contributed by atoms with Crippen LogP contribution in [0.1, 0.15) is 109 Å². The Kier molecular flexibility index (Phi) is 8.12. The fourth-order valence-electron chi connectivity index (χ4n) is 10.6. The first-order valence-electron chi connectivity index (χ1n) is 15.9. The Morgan fingerprint density at radius 3 is 2.31 bits per heavy atom. The molecule has 0 spiro atoms. The van der Waals surface area contributed by atoms with E-state index in [1.807, 2.05) is 24.3 Å². The lowest BCUT2D eigenvalue weighted by Gasteiger charge is -2.64. The Bertz CT molecular complexity index is 1050. The molecule has 0 radical (unpaired) electrons. The van der Waals surface area contributed by atoms with Crippen molar-refractivity contribution in [1.82, 2.24) is 0 Å². The van der Waals surface area contributed by atoms with Crippen LogP contribution in [0.15, 0.2) is 30.3 Å². The number of aliphatic carboxylic acids is 1. The van der Waals surface area contributed by atoms with E-state index in [0.717, 1.165) is 43.2 Å². The molecule has 0 aliphatic heterocycles. The fourth-order valence-corrected chi connectivity index (χ4v) is 10.6. The first-order valence-corrected chi connectivity index (χ1v) is 15.9. The van der Waals surface area contributed by atoms with Gasteiger partial charge in [-0.25, -0.2) is 0 Å². The quantitative estimate of drug-likeness (QED) is 0.336. The largest absolute Gasteiger partial charge is 0.481 e. The van der Waals surface area contributed by atoms with Crippen LogP contribution in [0.3, 0.4) is 0 Å². The van der Waals surface area contributed by atoms with Crippen LogP contribution in [-0.2, 0) is 4.79 Å². The van der Waals surface area contributed by atoms with Gasteiger partial charge < -0.3 is 15.3 Å². The van der Waals surface area contributed by atoms with Crippen molar-refractivity contribution in [3.8, 4) is 0 Å². The second-order valence-electron chi connectivity index (χ2n) is 14.5. The minimum Gasteiger partial charge on any atom is -0.481 e. The average Bonchev–Trinajstić information content (AvgIpc) is 3.27. The summed E-state index contributed by atoms with van der Waals surface area (Å²) in [6, 6.07) is 7.91. The highest BCUT2D eigenvalue weighted by molar-refractivity contribution is 5.75. The van der Waals surface area contributed by atoms with Gasteiger partial charge in [-0.1, -0.05) is 70.5 Å². The minimum atomic E-state index is -0.790. The molecule has 0 bridgehead atoms. The van der Waals surface area contributed by atoms with E-state index in [0.29, 0.717) is 46.8 Å². The van der Waals surface area contributed by atoms with Crippen molar-refractivity contribution < 1.29 is 20.1 Å². The SMILES string of the molecule is CC[C@H]1[C@@H](O)C2C3CC[C@H]([C@H](C)C/C=C/c4ccc(C(C)C(=O)O)cc4)C3(C)CCC2[C@@]2(C)CC[C@@H](O)C[C@@H]12. The lowest BCUT2D eigenvalue weighted by atomic mass is 9.41. The van der Waals surface area contributed by atoms with Gasteiger partial charge in [0, 0.05) is 0 Å². The molecule has 0 heterocycles. The molecular formula is C35H52O4. The van der Waals surface area contributed by atoms with Crippen molar-refractivity contribution in [1.29, 1.82) is 0 Å². The lowest BCUT2D eigenvalue weighted by Crippen LogP contribution is -2.62. The molecule has 4 aliphatic carbocycles. The molecule has 3 N–H and O–H groups in total. The van der Waals surface area contributed by atoms with Crippen LogP contribution in [0, 0.1) is 52.3 Å². The summed E-state index contributed by atoms with van der Waals surface area (Å²) >= 11 is 0. The van der Waals surface area contributed by atoms with Crippen LogP contribution in [0.5, 0.6) is 0 Å². The summed E-state index contributed by atoms with van der Waals surface area (Å²) in [5.74, 6) is 2.37. The molecule has 0 aromatic heterocycles. The maximum absolute atomic E-state index is 11.9. The van der Waals surface area contributed by atoms with Crippen molar-refractivity contribution >= 4 is 12.0 Å². The van der Waals surface area contributed by atoms with Gasteiger partial charge in [0.1, 0.15) is 0 Å². The first-order chi connectivity index (χ1) is 18.5. The summed E-state index contributed by atoms with van der Waals surface area (Å²) in [6.07, 6.45) is 14.1. The van der Waals surface area contributed by atoms with E-state index >= 15 is 0 Å². The first kappa shape index (κ1) is 28.9. The Labute approximate surface area is 236 Å². The number of hydrogen-bond acceptors (Lipinski definition) is 3. The van der Waals surface area contributed by atoms with Gasteiger partial charge in [-0.3, -0.25) is 4.79 Å². The second-order valence-corrected chi connectivity index (χ2v) is 14.5. The zero-order valence-corrected chi connectivity index (χ0v) is 24.9. The van der Waals surface area contributed by atoms with Crippen molar-refractivity contribution in [2.75, 3.05) is 0 Å². The molecule has 12 atom stereocenters. The smallest absolute Gasteiger partial charge is 0.310 e. The highest BCUT2D eigenvalue weighted by atomic mass is 16.4. The van der Waals surface area contributed by atoms with Gasteiger partial charge in [-0.05, 0) is 122 Å². The number of aliphatic hydroxyl groups excluding tert-OH is 2. The number of carboxylic acids is 1. The summed E-state index contributed by atoms with van der Waals surface area (Å²) in [4.78, 5) is 11.3. The number of rotatable bonds is 7. The Balaban J connectivity index is 1.29. The highest BCUT2D eigenvalue weighted by Crippen LogP contribution is 2.69. The molecule has 216 valence electrons. The van der Waals surface area contributed by atoms with E-state index in [4.69, 9.17) is 0 Å². The van der Waals surface area contributed by atoms with Crippen LogP contribution in [0.25, 0.3) is 6.08 Å². The number of allylic oxidation sites excluding steroid dienone is 1. The molecule has 4 heteroatoms. The summed E-state index contributed by atoms with van der Waals surface area (Å²) < 4.78 is 0. The van der Waals surface area contributed by atoms with Crippen LogP contribution in [-0.4, -0.2) is 33.5 Å². The lowest BCUT2D eigenvalue weighted by molar-refractivity contribution is -0.203. The minimum absolute atomic E-state index is 0.189. The molecule has 4 saturated carbocycles. The average molecular weight is 537 g/mol. The predicted octanol–water partition coefficient (Wildman–Crippen LogP) is 7.54. The molecule has 1 aromatic rings. The van der Waals surface area contributed by atoms with Gasteiger partial charge in [0.15, 0.2) is 0 Å². The third-order valence-corrected chi connectivity index (χ3v) is 12.8. The zero-order chi connectivity index (χ0) is 28.1. The summed E-state index contributed by atoms with van der Waals surface area (Å²) in [6.45, 7) is 11.5. The van der Waals surface area contributed by atoms with E-state index in [9.17, 15) is 20.1 Å². The third-order valence-electron chi connectivity index (χ3n) is 12.8. The standard InChI is InChI=1S/C35H52O4/c1-6-26-30-20-25(36)16-18-35(30,5)29-17-19-34(4)27(14-15-28(34)31(29)32(26)37)21(2)8-7-9-23-10-12-24(13-11-23)22(3)33(38)39/h7,9-13,21-22,25-32,36-37H,6,8,14-20H2,1-5H3,(H,38,39)/b9-7+/t21-,22?,25-,26-,27-,28?,29?,30+,31?,32-,34?,35-/m1/s1. The van der Waals surface area contributed by atoms with Crippen LogP contribution >= 0.6 is 0 Å². The molecule has 5 rings (SSSR count). The summed E-state index contributed by atoms with van der Waals surface area (Å²) in [5, 5.41) is 31.7. The van der Waals surface area contributed by atoms with Gasteiger partial charge in [-0.15, -0.1) is 0 Å². The molecule has 5 unspecified atom stereocenters. The Hall–Kier alpha value is -1.65. The molecule has 4 nitrogen and oxygen atoms in total. The predicted molar refractivity (Wildman–Crippen MR) is 157 cm³/mol. The number of carbonyl (C=O) groups is 1. The maximum atomic E-state index is 11.9. The van der Waals surface area contributed by atoms with Gasteiger partial charge in [0.25, 0.3) is 0 Å². The van der Waals surface area contributed by atoms with Crippen LogP contribution < -0.4 is 0 Å². The highest BCUT2D eigenvalue weighted by Gasteiger charge is 2.64. The number of hydrogen-bond donors (Lipinski definition) is 3. The molecule has 1 aromatic carbocycles. The Morgan fingerprint density at radius 1 is 0.974 bits per heavy atom. The summed E-state index contributed by atoms with van der Waals surface area (Å²) in [5.41, 5.74) is 2.51. The number of fused-ring (bicyclic) bond motifs is 5. The Morgan fingerprint density at radius 2 is 1.64 bits per heavy atom. The van der Waals surface area contributed by atoms with Crippen molar-refractivity contribution in [2.45, 2.75) is 111 Å². The molecule has 4 fully saturated rings. The third kappa shape index (κ3) is 4.92. The van der Waals surface area contributed by atoms with E-state index in [2.05, 4.69) is 39.8 Å². The van der Waals surface area contributed by atoms with Crippen LogP contribution in [0.4, 0.5) is 0 Å². The van der Waals surface area contributed by atoms with Gasteiger partial charge in [0.05, 0.1) is 18.1 Å². The molecular weight excluding hydrogens is 484 g/mol. The van der Waals surface area contributed by atoms with E-state index in [1.165, 1.54) is 25.7 Å². The second kappa shape index (κ2) is 11.0. The molecule has 39 heavy (non-hydrogen) atoms. The van der Waals surface area contributed by atoms with Crippen molar-refractivity contribution in [2.24, 2.45) is 52.3 Å². The van der Waals surface area contributed by atoms with E-state index in [1.54, 1.807) is 6.92 Å². The molecule has 0 saturated heterocycles. The summed E-state index contributed by atoms with van der Waals surface area (Å²) in [7, 11) is 0. The van der Waals surface area contributed by atoms with E-state index < -0.39 is 11.9 Å². The van der Waals surface area contributed by atoms with Gasteiger partial charge in [0.2, 0.25) is 0 Å². The number of carboxylic acid groups (broad SMARTS) is 1. The fraction of sp³-hybridized carbons (Fsp3) is 0.743. The van der Waals surface area contributed by atoms with E-state index in [-0.39, 0.29) is 17.6 Å². The van der Waals surface area contributed by atoms with Gasteiger partial charge >= 0.3 is 5.97 Å². The maximum Gasteiger partial charge on any atom is 0.310 e. The van der Waals surface area contributed by atoms with Crippen LogP contribution in [0.2, 0.25) is 0 Å². The normalized spacial score (nSPS) is 43.4. The van der Waals surface area contributed by atoms with Crippen molar-refractivity contribution in [3.63, 3.8) is 0 Å². The monoisotopic (exact) mass is 536 g/mol. The van der Waals surface area contributed by atoms with Gasteiger partial charge in [-0.2, -0.15) is 0 Å².